The van der Waals surface area contributed by atoms with Crippen LogP contribution in [0.1, 0.15) is 48.2 Å². The van der Waals surface area contributed by atoms with Gasteiger partial charge in [0.2, 0.25) is 0 Å². The smallest absolute Gasteiger partial charge is 0.252 e. The van der Waals surface area contributed by atoms with Crippen molar-refractivity contribution in [2.75, 3.05) is 0 Å². The summed E-state index contributed by atoms with van der Waals surface area (Å²) in [4.78, 5) is 21.7. The molecule has 3 aromatic heterocycles. The molecule has 0 atom stereocenters. The number of carbonyl (C=O) groups excluding carboxylic acids is 1. The maximum atomic E-state index is 12.8. The lowest BCUT2D eigenvalue weighted by Gasteiger charge is -2.20. The number of rotatable bonds is 3. The Bertz CT molecular complexity index is 922. The molecule has 6 nitrogen and oxygen atoms in total. The zero-order valence-electron chi connectivity index (χ0n) is 15.3. The Morgan fingerprint density at radius 3 is 2.64 bits per heavy atom. The highest BCUT2D eigenvalue weighted by molar-refractivity contribution is 6.06. The molecule has 0 aliphatic rings. The highest BCUT2D eigenvalue weighted by Gasteiger charge is 2.24. The van der Waals surface area contributed by atoms with Gasteiger partial charge in [-0.1, -0.05) is 6.07 Å². The van der Waals surface area contributed by atoms with E-state index in [0.29, 0.717) is 12.1 Å². The third-order valence-corrected chi connectivity index (χ3v) is 3.98. The largest absolute Gasteiger partial charge is 0.346 e. The van der Waals surface area contributed by atoms with E-state index in [2.05, 4.69) is 41.2 Å². The first-order valence-electron chi connectivity index (χ1n) is 8.33. The maximum Gasteiger partial charge on any atom is 0.252 e. The predicted molar refractivity (Wildman–Crippen MR) is 97.4 cm³/mol. The van der Waals surface area contributed by atoms with Gasteiger partial charge in [0.25, 0.3) is 5.91 Å². The van der Waals surface area contributed by atoms with E-state index in [9.17, 15) is 4.79 Å². The summed E-state index contributed by atoms with van der Waals surface area (Å²) >= 11 is 0. The first kappa shape index (κ1) is 17.1. The van der Waals surface area contributed by atoms with Gasteiger partial charge in [0.1, 0.15) is 0 Å². The van der Waals surface area contributed by atoms with E-state index in [4.69, 9.17) is 0 Å². The summed E-state index contributed by atoms with van der Waals surface area (Å²) in [5.74, 6) is -0.141. The van der Waals surface area contributed by atoms with Crippen molar-refractivity contribution in [3.63, 3.8) is 0 Å². The van der Waals surface area contributed by atoms with Crippen molar-refractivity contribution in [2.45, 2.75) is 46.7 Å². The van der Waals surface area contributed by atoms with Crippen LogP contribution in [-0.2, 0) is 12.1 Å². The molecule has 0 bridgehead atoms. The second-order valence-electron chi connectivity index (χ2n) is 7.18. The van der Waals surface area contributed by atoms with Gasteiger partial charge in [0.15, 0.2) is 5.65 Å². The molecule has 0 radical (unpaired) electrons. The van der Waals surface area contributed by atoms with Crippen molar-refractivity contribution in [2.24, 2.45) is 0 Å². The minimum atomic E-state index is -0.213. The Balaban J connectivity index is 2.01. The van der Waals surface area contributed by atoms with Crippen molar-refractivity contribution in [3.8, 4) is 0 Å². The lowest BCUT2D eigenvalue weighted by molar-refractivity contribution is 0.0952. The molecule has 6 heteroatoms. The lowest BCUT2D eigenvalue weighted by Crippen LogP contribution is -2.25. The number of aromatic nitrogens is 4. The van der Waals surface area contributed by atoms with E-state index in [1.165, 1.54) is 0 Å². The second-order valence-corrected chi connectivity index (χ2v) is 7.18. The molecule has 3 aromatic rings. The third-order valence-electron chi connectivity index (χ3n) is 3.98. The molecule has 0 aliphatic carbocycles. The van der Waals surface area contributed by atoms with Crippen LogP contribution in [0.4, 0.5) is 0 Å². The molecule has 3 heterocycles. The summed E-state index contributed by atoms with van der Waals surface area (Å²) in [6, 6.07) is 7.46. The van der Waals surface area contributed by atoms with Gasteiger partial charge in [-0.05, 0) is 52.8 Å². The molecule has 0 aromatic carbocycles. The van der Waals surface area contributed by atoms with Crippen molar-refractivity contribution in [1.29, 1.82) is 0 Å². The number of hydrogen-bond donors (Lipinski definition) is 1. The molecule has 0 aliphatic heterocycles. The lowest BCUT2D eigenvalue weighted by atomic mass is 10.1. The summed E-state index contributed by atoms with van der Waals surface area (Å²) in [5, 5.41) is 8.37. The fourth-order valence-electron chi connectivity index (χ4n) is 2.83. The standard InChI is InChI=1S/C19H23N5O/c1-12-10-15(18(25)21-11-14-8-6-7-9-20-14)16-13(2)23-24(17(16)22-12)19(3,4)5/h6-10H,11H2,1-5H3,(H,21,25). The Hall–Kier alpha value is -2.76. The van der Waals surface area contributed by atoms with E-state index in [-0.39, 0.29) is 11.4 Å². The Morgan fingerprint density at radius 1 is 1.24 bits per heavy atom. The Morgan fingerprint density at radius 2 is 2.00 bits per heavy atom. The predicted octanol–water partition coefficient (Wildman–Crippen LogP) is 3.13. The van der Waals surface area contributed by atoms with E-state index >= 15 is 0 Å². The first-order chi connectivity index (χ1) is 11.8. The van der Waals surface area contributed by atoms with Gasteiger partial charge >= 0.3 is 0 Å². The van der Waals surface area contributed by atoms with Crippen LogP contribution in [0.15, 0.2) is 30.5 Å². The summed E-state index contributed by atoms with van der Waals surface area (Å²) in [6.45, 7) is 10.4. The monoisotopic (exact) mass is 337 g/mol. The summed E-state index contributed by atoms with van der Waals surface area (Å²) in [6.07, 6.45) is 1.72. The van der Waals surface area contributed by atoms with Crippen LogP contribution < -0.4 is 5.32 Å². The number of nitrogens with one attached hydrogen (secondary N) is 1. The molecule has 1 amide bonds. The molecular formula is C19H23N5O. The minimum Gasteiger partial charge on any atom is -0.346 e. The van der Waals surface area contributed by atoms with Gasteiger partial charge < -0.3 is 5.32 Å². The van der Waals surface area contributed by atoms with E-state index < -0.39 is 0 Å². The molecule has 0 saturated carbocycles. The van der Waals surface area contributed by atoms with Crippen LogP contribution in [0.2, 0.25) is 0 Å². The van der Waals surface area contributed by atoms with Gasteiger partial charge in [-0.3, -0.25) is 9.78 Å². The Kier molecular flexibility index (Phi) is 4.29. The third kappa shape index (κ3) is 3.38. The van der Waals surface area contributed by atoms with Crippen LogP contribution in [0.25, 0.3) is 11.0 Å². The minimum absolute atomic E-state index is 0.141. The van der Waals surface area contributed by atoms with Gasteiger partial charge in [-0.15, -0.1) is 0 Å². The molecule has 1 N–H and O–H groups in total. The number of carbonyl (C=O) groups is 1. The topological polar surface area (TPSA) is 72.7 Å². The maximum absolute atomic E-state index is 12.8. The van der Waals surface area contributed by atoms with E-state index in [0.717, 1.165) is 28.1 Å². The SMILES string of the molecule is Cc1cc(C(=O)NCc2ccccn2)c2c(C)nn(C(C)(C)C)c2n1. The highest BCUT2D eigenvalue weighted by atomic mass is 16.1. The van der Waals surface area contributed by atoms with E-state index in [1.54, 1.807) is 6.20 Å². The molecule has 25 heavy (non-hydrogen) atoms. The number of nitrogens with zero attached hydrogens (tertiary/aromatic N) is 4. The molecular weight excluding hydrogens is 314 g/mol. The molecule has 0 unspecified atom stereocenters. The van der Waals surface area contributed by atoms with Gasteiger partial charge in [0.05, 0.1) is 34.4 Å². The fraction of sp³-hybridized carbons (Fsp3) is 0.368. The molecule has 0 saturated heterocycles. The van der Waals surface area contributed by atoms with Crippen LogP contribution in [-0.4, -0.2) is 25.7 Å². The molecule has 130 valence electrons. The number of fused-ring (bicyclic) bond motifs is 1. The number of hydrogen-bond acceptors (Lipinski definition) is 4. The van der Waals surface area contributed by atoms with Gasteiger partial charge in [-0.2, -0.15) is 5.10 Å². The van der Waals surface area contributed by atoms with Crippen LogP contribution >= 0.6 is 0 Å². The average molecular weight is 337 g/mol. The number of aryl methyl sites for hydroxylation is 2. The van der Waals surface area contributed by atoms with Crippen LogP contribution in [0.3, 0.4) is 0 Å². The first-order valence-corrected chi connectivity index (χ1v) is 8.33. The van der Waals surface area contributed by atoms with Crippen molar-refractivity contribution >= 4 is 16.9 Å². The zero-order valence-corrected chi connectivity index (χ0v) is 15.3. The fourth-order valence-corrected chi connectivity index (χ4v) is 2.83. The number of pyridine rings is 2. The van der Waals surface area contributed by atoms with Crippen molar-refractivity contribution < 1.29 is 4.79 Å². The van der Waals surface area contributed by atoms with Crippen LogP contribution in [0.5, 0.6) is 0 Å². The summed E-state index contributed by atoms with van der Waals surface area (Å²) in [7, 11) is 0. The normalized spacial score (nSPS) is 11.7. The molecule has 3 rings (SSSR count). The Labute approximate surface area is 147 Å². The highest BCUT2D eigenvalue weighted by Crippen LogP contribution is 2.26. The second kappa shape index (κ2) is 6.27. The molecule has 0 fully saturated rings. The molecule has 0 spiro atoms. The quantitative estimate of drug-likeness (QED) is 0.797. The van der Waals surface area contributed by atoms with Gasteiger partial charge in [0, 0.05) is 11.9 Å². The zero-order chi connectivity index (χ0) is 18.2. The van der Waals surface area contributed by atoms with Gasteiger partial charge in [-0.25, -0.2) is 9.67 Å². The van der Waals surface area contributed by atoms with Crippen molar-refractivity contribution in [1.82, 2.24) is 25.1 Å². The summed E-state index contributed by atoms with van der Waals surface area (Å²) < 4.78 is 1.89. The summed E-state index contributed by atoms with van der Waals surface area (Å²) in [5.41, 5.74) is 3.55. The average Bonchev–Trinajstić information content (AvgIpc) is 2.90. The number of amides is 1. The van der Waals surface area contributed by atoms with Crippen molar-refractivity contribution in [3.05, 3.63) is 53.1 Å². The van der Waals surface area contributed by atoms with Crippen LogP contribution in [0, 0.1) is 13.8 Å². The van der Waals surface area contributed by atoms with E-state index in [1.807, 2.05) is 42.8 Å².